The highest BCUT2D eigenvalue weighted by molar-refractivity contribution is 5.99. The summed E-state index contributed by atoms with van der Waals surface area (Å²) in [5.74, 6) is -0.251. The van der Waals surface area contributed by atoms with E-state index in [0.29, 0.717) is 11.3 Å². The standard InChI is InChI=1S/C11H16N2O2/c1-11(2,3)13-10(15)8-6-7(14)4-5-9(8)12/h4-6,14H,12H2,1-3H3,(H,13,15). The molecule has 0 fully saturated rings. The topological polar surface area (TPSA) is 75.3 Å². The summed E-state index contributed by atoms with van der Waals surface area (Å²) < 4.78 is 0. The number of anilines is 1. The molecule has 82 valence electrons. The zero-order valence-corrected chi connectivity index (χ0v) is 9.16. The SMILES string of the molecule is CC(C)(C)NC(=O)c1cc(O)ccc1N. The third kappa shape index (κ3) is 3.16. The van der Waals surface area contributed by atoms with Gasteiger partial charge in [0.05, 0.1) is 5.56 Å². The van der Waals surface area contributed by atoms with Gasteiger partial charge in [0.2, 0.25) is 0 Å². The van der Waals surface area contributed by atoms with Crippen molar-refractivity contribution in [3.8, 4) is 5.75 Å². The van der Waals surface area contributed by atoms with Crippen LogP contribution in [-0.4, -0.2) is 16.6 Å². The van der Waals surface area contributed by atoms with Gasteiger partial charge in [0, 0.05) is 11.2 Å². The van der Waals surface area contributed by atoms with Crippen LogP contribution in [0.5, 0.6) is 5.75 Å². The molecule has 0 unspecified atom stereocenters. The first-order valence-electron chi connectivity index (χ1n) is 4.70. The number of carbonyl (C=O) groups is 1. The van der Waals surface area contributed by atoms with E-state index >= 15 is 0 Å². The van der Waals surface area contributed by atoms with Crippen LogP contribution in [0.25, 0.3) is 0 Å². The summed E-state index contributed by atoms with van der Waals surface area (Å²) in [5, 5.41) is 12.0. The molecular formula is C11H16N2O2. The highest BCUT2D eigenvalue weighted by Crippen LogP contribution is 2.18. The van der Waals surface area contributed by atoms with E-state index in [0.717, 1.165) is 0 Å². The number of nitrogens with two attached hydrogens (primary N) is 1. The van der Waals surface area contributed by atoms with Crippen LogP contribution in [0.4, 0.5) is 5.69 Å². The number of carbonyl (C=O) groups excluding carboxylic acids is 1. The van der Waals surface area contributed by atoms with Crippen LogP contribution in [-0.2, 0) is 0 Å². The Hall–Kier alpha value is -1.71. The van der Waals surface area contributed by atoms with Crippen molar-refractivity contribution < 1.29 is 9.90 Å². The second-order valence-electron chi connectivity index (χ2n) is 4.48. The number of phenols is 1. The fraction of sp³-hybridized carbons (Fsp3) is 0.364. The van der Waals surface area contributed by atoms with Gasteiger partial charge in [-0.1, -0.05) is 0 Å². The van der Waals surface area contributed by atoms with Crippen LogP contribution >= 0.6 is 0 Å². The molecule has 1 aromatic rings. The molecule has 0 saturated carbocycles. The second kappa shape index (κ2) is 3.81. The molecule has 4 heteroatoms. The second-order valence-corrected chi connectivity index (χ2v) is 4.48. The number of benzene rings is 1. The lowest BCUT2D eigenvalue weighted by Gasteiger charge is -2.21. The monoisotopic (exact) mass is 208 g/mol. The van der Waals surface area contributed by atoms with E-state index in [9.17, 15) is 9.90 Å². The molecule has 0 atom stereocenters. The normalized spacial score (nSPS) is 11.1. The van der Waals surface area contributed by atoms with Crippen molar-refractivity contribution in [2.75, 3.05) is 5.73 Å². The number of rotatable bonds is 1. The molecule has 15 heavy (non-hydrogen) atoms. The fourth-order valence-corrected chi connectivity index (χ4v) is 1.15. The van der Waals surface area contributed by atoms with Gasteiger partial charge in [-0.05, 0) is 39.0 Å². The molecule has 0 bridgehead atoms. The zero-order chi connectivity index (χ0) is 11.6. The van der Waals surface area contributed by atoms with Crippen molar-refractivity contribution in [1.29, 1.82) is 0 Å². The van der Waals surface area contributed by atoms with Gasteiger partial charge in [-0.15, -0.1) is 0 Å². The minimum atomic E-state index is -0.324. The van der Waals surface area contributed by atoms with Crippen molar-refractivity contribution in [1.82, 2.24) is 5.32 Å². The van der Waals surface area contributed by atoms with Crippen LogP contribution < -0.4 is 11.1 Å². The molecular weight excluding hydrogens is 192 g/mol. The number of phenolic OH excluding ortho intramolecular Hbond substituents is 1. The van der Waals surface area contributed by atoms with E-state index in [1.54, 1.807) is 0 Å². The predicted octanol–water partition coefficient (Wildman–Crippen LogP) is 1.50. The maximum Gasteiger partial charge on any atom is 0.253 e. The molecule has 0 aromatic heterocycles. The van der Waals surface area contributed by atoms with Crippen LogP contribution in [0.1, 0.15) is 31.1 Å². The molecule has 0 heterocycles. The summed E-state index contributed by atoms with van der Waals surface area (Å²) in [5.41, 5.74) is 5.97. The Kier molecular flexibility index (Phi) is 2.88. The molecule has 1 aromatic carbocycles. The first-order chi connectivity index (χ1) is 6.79. The van der Waals surface area contributed by atoms with Crippen molar-refractivity contribution in [3.05, 3.63) is 23.8 Å². The average molecular weight is 208 g/mol. The molecule has 0 saturated heterocycles. The van der Waals surface area contributed by atoms with Gasteiger partial charge >= 0.3 is 0 Å². The molecule has 0 radical (unpaired) electrons. The minimum absolute atomic E-state index is 0.0308. The van der Waals surface area contributed by atoms with Crippen LogP contribution in [0, 0.1) is 0 Å². The van der Waals surface area contributed by atoms with Crippen LogP contribution in [0.2, 0.25) is 0 Å². The zero-order valence-electron chi connectivity index (χ0n) is 9.16. The molecule has 0 spiro atoms. The predicted molar refractivity (Wildman–Crippen MR) is 59.7 cm³/mol. The minimum Gasteiger partial charge on any atom is -0.508 e. The van der Waals surface area contributed by atoms with Gasteiger partial charge in [-0.3, -0.25) is 4.79 Å². The molecule has 4 N–H and O–H groups in total. The maximum absolute atomic E-state index is 11.7. The molecule has 0 aliphatic heterocycles. The number of hydrogen-bond acceptors (Lipinski definition) is 3. The highest BCUT2D eigenvalue weighted by Gasteiger charge is 2.17. The molecule has 1 rings (SSSR count). The first-order valence-corrected chi connectivity index (χ1v) is 4.70. The van der Waals surface area contributed by atoms with Crippen LogP contribution in [0.15, 0.2) is 18.2 Å². The maximum atomic E-state index is 11.7. The Balaban J connectivity index is 2.96. The molecule has 0 aliphatic rings. The summed E-state index contributed by atoms with van der Waals surface area (Å²) in [4.78, 5) is 11.7. The summed E-state index contributed by atoms with van der Waals surface area (Å²) in [6, 6.07) is 4.31. The van der Waals surface area contributed by atoms with Gasteiger partial charge in [0.25, 0.3) is 5.91 Å². The van der Waals surface area contributed by atoms with Crippen LogP contribution in [0.3, 0.4) is 0 Å². The van der Waals surface area contributed by atoms with E-state index in [2.05, 4.69) is 5.32 Å². The molecule has 0 aliphatic carbocycles. The number of aromatic hydroxyl groups is 1. The van der Waals surface area contributed by atoms with E-state index in [1.165, 1.54) is 18.2 Å². The fourth-order valence-electron chi connectivity index (χ4n) is 1.15. The number of nitrogen functional groups attached to an aromatic ring is 1. The number of nitrogens with one attached hydrogen (secondary N) is 1. The van der Waals surface area contributed by atoms with Crippen molar-refractivity contribution in [3.63, 3.8) is 0 Å². The Bertz CT molecular complexity index is 381. The Morgan fingerprint density at radius 2 is 2.00 bits per heavy atom. The largest absolute Gasteiger partial charge is 0.508 e. The van der Waals surface area contributed by atoms with Crippen molar-refractivity contribution in [2.45, 2.75) is 26.3 Å². The highest BCUT2D eigenvalue weighted by atomic mass is 16.3. The summed E-state index contributed by atoms with van der Waals surface area (Å²) in [6.07, 6.45) is 0. The smallest absolute Gasteiger partial charge is 0.253 e. The molecule has 4 nitrogen and oxygen atoms in total. The quantitative estimate of drug-likeness (QED) is 0.483. The summed E-state index contributed by atoms with van der Waals surface area (Å²) >= 11 is 0. The first kappa shape index (κ1) is 11.4. The van der Waals surface area contributed by atoms with Gasteiger partial charge in [-0.25, -0.2) is 0 Å². The van der Waals surface area contributed by atoms with Gasteiger partial charge in [0.1, 0.15) is 5.75 Å². The summed E-state index contributed by atoms with van der Waals surface area (Å²) in [7, 11) is 0. The van der Waals surface area contributed by atoms with Crippen molar-refractivity contribution in [2.24, 2.45) is 0 Å². The van der Waals surface area contributed by atoms with Gasteiger partial charge < -0.3 is 16.2 Å². The Labute approximate surface area is 89.1 Å². The lowest BCUT2D eigenvalue weighted by molar-refractivity contribution is 0.0920. The number of hydrogen-bond donors (Lipinski definition) is 3. The lowest BCUT2D eigenvalue weighted by Crippen LogP contribution is -2.40. The average Bonchev–Trinajstić information content (AvgIpc) is 2.06. The van der Waals surface area contributed by atoms with E-state index < -0.39 is 0 Å². The third-order valence-electron chi connectivity index (χ3n) is 1.77. The lowest BCUT2D eigenvalue weighted by atomic mass is 10.1. The van der Waals surface area contributed by atoms with Crippen molar-refractivity contribution >= 4 is 11.6 Å². The van der Waals surface area contributed by atoms with Gasteiger partial charge in [-0.2, -0.15) is 0 Å². The van der Waals surface area contributed by atoms with E-state index in [4.69, 9.17) is 5.73 Å². The summed E-state index contributed by atoms with van der Waals surface area (Å²) in [6.45, 7) is 5.64. The Morgan fingerprint density at radius 3 is 2.53 bits per heavy atom. The van der Waals surface area contributed by atoms with E-state index in [1.807, 2.05) is 20.8 Å². The third-order valence-corrected chi connectivity index (χ3v) is 1.77. The number of amides is 1. The Morgan fingerprint density at radius 1 is 1.40 bits per heavy atom. The molecule has 1 amide bonds. The van der Waals surface area contributed by atoms with Gasteiger partial charge in [0.15, 0.2) is 0 Å². The van der Waals surface area contributed by atoms with E-state index in [-0.39, 0.29) is 17.2 Å².